The molecule has 2 heterocycles. The van der Waals surface area contributed by atoms with E-state index in [1.54, 1.807) is 6.92 Å². The van der Waals surface area contributed by atoms with Crippen molar-refractivity contribution in [3.63, 3.8) is 0 Å². The number of hydrogen-bond acceptors (Lipinski definition) is 6. The van der Waals surface area contributed by atoms with Gasteiger partial charge in [-0.1, -0.05) is 18.2 Å². The van der Waals surface area contributed by atoms with Crippen molar-refractivity contribution in [1.29, 1.82) is 0 Å². The predicted molar refractivity (Wildman–Crippen MR) is 94.1 cm³/mol. The Labute approximate surface area is 153 Å². The summed E-state index contributed by atoms with van der Waals surface area (Å²) in [5.41, 5.74) is 1.58. The number of esters is 2. The summed E-state index contributed by atoms with van der Waals surface area (Å²) in [5, 5.41) is 9.10. The van der Waals surface area contributed by atoms with Gasteiger partial charge < -0.3 is 19.3 Å². The quantitative estimate of drug-likeness (QED) is 0.359. The van der Waals surface area contributed by atoms with Crippen LogP contribution in [0.2, 0.25) is 0 Å². The minimum absolute atomic E-state index is 0.210. The van der Waals surface area contributed by atoms with Crippen molar-refractivity contribution in [3.05, 3.63) is 35.5 Å². The van der Waals surface area contributed by atoms with Crippen LogP contribution in [-0.2, 0) is 23.8 Å². The summed E-state index contributed by atoms with van der Waals surface area (Å²) in [6, 6.07) is 0. The van der Waals surface area contributed by atoms with Gasteiger partial charge in [0.05, 0.1) is 18.1 Å². The molecule has 0 bridgehead atoms. The molecule has 0 unspecified atom stereocenters. The molecule has 0 aromatic heterocycles. The molecule has 0 aromatic carbocycles. The number of ether oxygens (including phenoxy) is 3. The van der Waals surface area contributed by atoms with E-state index in [1.165, 1.54) is 6.08 Å². The lowest BCUT2D eigenvalue weighted by atomic mass is 9.82. The highest BCUT2D eigenvalue weighted by molar-refractivity contribution is 5.91. The average Bonchev–Trinajstić information content (AvgIpc) is 3.14. The Kier molecular flexibility index (Phi) is 5.08. The van der Waals surface area contributed by atoms with Gasteiger partial charge in [0.1, 0.15) is 18.3 Å². The molecule has 0 radical (unpaired) electrons. The number of fused-ring (bicyclic) bond motifs is 3. The first kappa shape index (κ1) is 18.9. The first-order valence-electron chi connectivity index (χ1n) is 8.97. The number of allylic oxidation sites excluding steroid dienone is 1. The lowest BCUT2D eigenvalue weighted by Crippen LogP contribution is -2.38. The molecule has 0 aromatic rings. The molecule has 6 nitrogen and oxygen atoms in total. The first-order chi connectivity index (χ1) is 12.2. The lowest BCUT2D eigenvalue weighted by Gasteiger charge is -2.27. The van der Waals surface area contributed by atoms with Crippen LogP contribution < -0.4 is 0 Å². The van der Waals surface area contributed by atoms with Gasteiger partial charge in [0.15, 0.2) is 0 Å². The second-order valence-corrected chi connectivity index (χ2v) is 7.69. The van der Waals surface area contributed by atoms with E-state index in [9.17, 15) is 9.59 Å². The van der Waals surface area contributed by atoms with Crippen molar-refractivity contribution in [1.82, 2.24) is 0 Å². The van der Waals surface area contributed by atoms with Gasteiger partial charge in [-0.2, -0.15) is 0 Å². The summed E-state index contributed by atoms with van der Waals surface area (Å²) in [7, 11) is 0. The van der Waals surface area contributed by atoms with Gasteiger partial charge in [-0.05, 0) is 39.2 Å². The molecule has 1 N–H and O–H groups in total. The van der Waals surface area contributed by atoms with Crippen molar-refractivity contribution >= 4 is 11.9 Å². The van der Waals surface area contributed by atoms with Crippen LogP contribution in [0.5, 0.6) is 0 Å². The maximum Gasteiger partial charge on any atom is 0.334 e. The normalized spacial score (nSPS) is 39.2. The Hall–Kier alpha value is -1.92. The Morgan fingerprint density at radius 1 is 1.54 bits per heavy atom. The molecule has 3 rings (SSSR count). The fourth-order valence-corrected chi connectivity index (χ4v) is 3.84. The highest BCUT2D eigenvalue weighted by Crippen LogP contribution is 2.50. The maximum atomic E-state index is 12.3. The molecule has 6 heteroatoms. The van der Waals surface area contributed by atoms with Gasteiger partial charge >= 0.3 is 11.9 Å². The van der Waals surface area contributed by atoms with Gasteiger partial charge in [0, 0.05) is 18.1 Å². The zero-order chi connectivity index (χ0) is 19.1. The summed E-state index contributed by atoms with van der Waals surface area (Å²) < 4.78 is 17.1. The van der Waals surface area contributed by atoms with E-state index in [0.29, 0.717) is 17.6 Å². The van der Waals surface area contributed by atoms with Crippen LogP contribution in [0.3, 0.4) is 0 Å². The van der Waals surface area contributed by atoms with Gasteiger partial charge in [0.25, 0.3) is 0 Å². The van der Waals surface area contributed by atoms with Crippen molar-refractivity contribution in [2.45, 2.75) is 63.9 Å². The molecule has 3 aliphatic rings. The zero-order valence-electron chi connectivity index (χ0n) is 15.5. The smallest absolute Gasteiger partial charge is 0.334 e. The molecular formula is C20H26O6. The number of rotatable bonds is 3. The van der Waals surface area contributed by atoms with Gasteiger partial charge in [-0.25, -0.2) is 9.59 Å². The standard InChI is InChI=1S/C20H26O6/c1-11-6-5-7-20(4)18(26-20)17-16(13(3)19(23)25-17)14(8-11)24-15(22)9-12(2)10-21/h6,9,14,16-18,21H,3,5,7-8,10H2,1-2,4H3/b11-6+,12-9+/t14-,16+,17-,18-,20+/m0/s1. The van der Waals surface area contributed by atoms with E-state index >= 15 is 0 Å². The topological polar surface area (TPSA) is 85.4 Å². The maximum absolute atomic E-state index is 12.3. The molecule has 0 amide bonds. The van der Waals surface area contributed by atoms with Gasteiger partial charge in [-0.3, -0.25) is 0 Å². The molecule has 0 saturated carbocycles. The molecular weight excluding hydrogens is 336 g/mol. The fourth-order valence-electron chi connectivity index (χ4n) is 3.84. The van der Waals surface area contributed by atoms with E-state index < -0.39 is 30.1 Å². The lowest BCUT2D eigenvalue weighted by molar-refractivity contribution is -0.147. The van der Waals surface area contributed by atoms with E-state index in [1.807, 2.05) is 13.8 Å². The number of carbonyl (C=O) groups excluding carboxylic acids is 2. The Morgan fingerprint density at radius 2 is 2.27 bits per heavy atom. The van der Waals surface area contributed by atoms with E-state index in [-0.39, 0.29) is 18.3 Å². The van der Waals surface area contributed by atoms with Crippen LogP contribution in [0, 0.1) is 5.92 Å². The van der Waals surface area contributed by atoms with Crippen molar-refractivity contribution in [3.8, 4) is 0 Å². The number of aliphatic hydroxyl groups is 1. The molecule has 1 aliphatic carbocycles. The third-order valence-electron chi connectivity index (χ3n) is 5.44. The van der Waals surface area contributed by atoms with E-state index in [2.05, 4.69) is 12.7 Å². The summed E-state index contributed by atoms with van der Waals surface area (Å²) in [4.78, 5) is 24.4. The van der Waals surface area contributed by atoms with E-state index in [4.69, 9.17) is 19.3 Å². The fraction of sp³-hybridized carbons (Fsp3) is 0.600. The van der Waals surface area contributed by atoms with Crippen LogP contribution in [-0.4, -0.2) is 47.6 Å². The van der Waals surface area contributed by atoms with Crippen molar-refractivity contribution in [2.24, 2.45) is 5.92 Å². The average molecular weight is 362 g/mol. The van der Waals surface area contributed by atoms with Crippen LogP contribution in [0.15, 0.2) is 35.5 Å². The first-order valence-corrected chi connectivity index (χ1v) is 8.97. The van der Waals surface area contributed by atoms with Crippen molar-refractivity contribution in [2.75, 3.05) is 6.61 Å². The third-order valence-corrected chi connectivity index (χ3v) is 5.44. The summed E-state index contributed by atoms with van der Waals surface area (Å²) in [5.74, 6) is -1.44. The number of carbonyl (C=O) groups is 2. The van der Waals surface area contributed by atoms with E-state index in [0.717, 1.165) is 18.4 Å². The largest absolute Gasteiger partial charge is 0.458 e. The highest BCUT2D eigenvalue weighted by Gasteiger charge is 2.63. The number of aliphatic hydroxyl groups excluding tert-OH is 1. The molecule has 5 atom stereocenters. The molecule has 2 saturated heterocycles. The predicted octanol–water partition coefficient (Wildman–Crippen LogP) is 2.22. The van der Waals surface area contributed by atoms with Crippen LogP contribution in [0.1, 0.15) is 40.0 Å². The second-order valence-electron chi connectivity index (χ2n) is 7.69. The molecule has 0 spiro atoms. The molecule has 142 valence electrons. The minimum Gasteiger partial charge on any atom is -0.458 e. The SMILES string of the molecule is C=C1C(=O)O[C@H]2[C@H]1[C@@H](OC(=O)/C=C(\C)CO)C/C(C)=C/CC[C@@]1(C)O[C@@H]21. The summed E-state index contributed by atoms with van der Waals surface area (Å²) in [6.45, 7) is 9.32. The summed E-state index contributed by atoms with van der Waals surface area (Å²) >= 11 is 0. The Bertz CT molecular complexity index is 690. The van der Waals surface area contributed by atoms with Gasteiger partial charge in [-0.15, -0.1) is 0 Å². The van der Waals surface area contributed by atoms with Crippen LogP contribution in [0.4, 0.5) is 0 Å². The second kappa shape index (κ2) is 7.00. The van der Waals surface area contributed by atoms with Crippen LogP contribution in [0.25, 0.3) is 0 Å². The Balaban J connectivity index is 1.90. The highest BCUT2D eigenvalue weighted by atomic mass is 16.6. The zero-order valence-corrected chi connectivity index (χ0v) is 15.5. The van der Waals surface area contributed by atoms with Gasteiger partial charge in [0.2, 0.25) is 0 Å². The molecule has 26 heavy (non-hydrogen) atoms. The Morgan fingerprint density at radius 3 is 2.96 bits per heavy atom. The minimum atomic E-state index is -0.572. The monoisotopic (exact) mass is 362 g/mol. The number of epoxide rings is 1. The van der Waals surface area contributed by atoms with Crippen LogP contribution >= 0.6 is 0 Å². The molecule has 2 aliphatic heterocycles. The summed E-state index contributed by atoms with van der Waals surface area (Å²) in [6.07, 6.45) is 4.33. The molecule has 2 fully saturated rings. The third kappa shape index (κ3) is 3.62. The number of hydrogen-bond donors (Lipinski definition) is 1. The van der Waals surface area contributed by atoms with Crippen molar-refractivity contribution < 1.29 is 28.9 Å².